The first-order chi connectivity index (χ1) is 34.9. The highest BCUT2D eigenvalue weighted by atomic mass is 32.1. The number of amides is 2. The number of β-amino-alcohol motifs (C(OH)–C–C–N with tert-alkyl or cyclic N) is 1. The minimum Gasteiger partial charge on any atom is -0.507 e. The van der Waals surface area contributed by atoms with Crippen molar-refractivity contribution in [2.45, 2.75) is 109 Å². The molecule has 1 aliphatic carbocycles. The fraction of sp³-hybridized carbons (Fsp3) is 0.453. The number of aryl methyl sites for hydroxylation is 1. The molecule has 2 amide bonds. The third-order valence-corrected chi connectivity index (χ3v) is 14.7. The monoisotopic (exact) mass is 998 g/mol. The number of nitrogens with two attached hydrogens (primary N) is 1. The number of aliphatic hydroxyl groups is 1. The quantitative estimate of drug-likeness (QED) is 0.0683. The average molecular weight is 999 g/mol. The van der Waals surface area contributed by atoms with Crippen LogP contribution in [-0.2, 0) is 25.6 Å². The molecule has 0 spiro atoms. The Balaban J connectivity index is 0.661. The fourth-order valence-electron chi connectivity index (χ4n) is 9.58. The topological polar surface area (TPSA) is 229 Å². The molecule has 0 bridgehead atoms. The molecule has 4 atom stereocenters. The number of thiazole rings is 1. The molecule has 2 aromatic carbocycles. The first kappa shape index (κ1) is 50.3. The second-order valence-corrected chi connectivity index (χ2v) is 20.0. The highest BCUT2D eigenvalue weighted by molar-refractivity contribution is 7.13. The van der Waals surface area contributed by atoms with E-state index in [-0.39, 0.29) is 66.6 Å². The van der Waals surface area contributed by atoms with Gasteiger partial charge < -0.3 is 44.9 Å². The largest absolute Gasteiger partial charge is 0.507 e. The summed E-state index contributed by atoms with van der Waals surface area (Å²) in [6.45, 7) is 11.4. The molecule has 0 unspecified atom stereocenters. The SMILES string of the molecule is Cc1ncsc1-c1ccc([C@H](C)NC(=O)[C@@H]2C[C@@H](O)CN2C(=O)[C@@H](c2cc(OCCN3CCC(O[C@H]4C[C@H](OCC#CCn5cc(-c6cc(-c7ccccc7O)nnc6N)cn5)C4)CC3)no2)C(C)C)cc1. The Kier molecular flexibility index (Phi) is 15.9. The predicted octanol–water partition coefficient (Wildman–Crippen LogP) is 6.40. The number of carbonyl (C=O) groups is 2. The minimum absolute atomic E-state index is 0.0518. The Bertz CT molecular complexity index is 2860. The van der Waals surface area contributed by atoms with Crippen LogP contribution in [0.1, 0.15) is 81.9 Å². The third-order valence-electron chi connectivity index (χ3n) is 13.7. The number of hydrogen-bond acceptors (Lipinski definition) is 16. The van der Waals surface area contributed by atoms with Gasteiger partial charge in [0.15, 0.2) is 11.6 Å². The van der Waals surface area contributed by atoms with Gasteiger partial charge in [0.1, 0.15) is 37.5 Å². The number of rotatable bonds is 18. The summed E-state index contributed by atoms with van der Waals surface area (Å²) in [5.41, 5.74) is 13.5. The Hall–Kier alpha value is -6.69. The molecule has 2 aliphatic heterocycles. The molecular formula is C53H62N10O8S. The lowest BCUT2D eigenvalue weighted by molar-refractivity contribution is -0.141. The maximum absolute atomic E-state index is 14.2. The van der Waals surface area contributed by atoms with Crippen molar-refractivity contribution >= 4 is 29.0 Å². The molecule has 72 heavy (non-hydrogen) atoms. The molecule has 19 heteroatoms. The van der Waals surface area contributed by atoms with Gasteiger partial charge in [0.2, 0.25) is 11.8 Å². The van der Waals surface area contributed by atoms with Crippen molar-refractivity contribution in [1.82, 2.24) is 45.2 Å². The lowest BCUT2D eigenvalue weighted by Gasteiger charge is -2.39. The Labute approximate surface area is 422 Å². The van der Waals surface area contributed by atoms with Crippen molar-refractivity contribution in [2.75, 3.05) is 45.1 Å². The first-order valence-electron chi connectivity index (χ1n) is 24.6. The van der Waals surface area contributed by atoms with Crippen LogP contribution >= 0.6 is 11.3 Å². The molecule has 3 fully saturated rings. The number of phenolic OH excluding ortho intramolecular Hbond substituents is 1. The normalized spacial score (nSPS) is 20.2. The number of aromatic hydroxyl groups is 1. The van der Waals surface area contributed by atoms with Gasteiger partial charge in [0.05, 0.1) is 58.4 Å². The summed E-state index contributed by atoms with van der Waals surface area (Å²) >= 11 is 1.59. The first-order valence-corrected chi connectivity index (χ1v) is 25.5. The van der Waals surface area contributed by atoms with E-state index in [4.69, 9.17) is 24.5 Å². The summed E-state index contributed by atoms with van der Waals surface area (Å²) < 4.78 is 25.9. The van der Waals surface area contributed by atoms with Crippen molar-refractivity contribution in [1.29, 1.82) is 0 Å². The molecule has 6 heterocycles. The van der Waals surface area contributed by atoms with Gasteiger partial charge in [-0.1, -0.05) is 62.1 Å². The van der Waals surface area contributed by atoms with Gasteiger partial charge in [-0.3, -0.25) is 19.2 Å². The number of carbonyl (C=O) groups excluding carboxylic acids is 2. The highest BCUT2D eigenvalue weighted by Crippen LogP contribution is 2.35. The van der Waals surface area contributed by atoms with Crippen molar-refractivity contribution in [2.24, 2.45) is 5.92 Å². The van der Waals surface area contributed by atoms with E-state index in [0.717, 1.165) is 66.0 Å². The van der Waals surface area contributed by atoms with Crippen LogP contribution in [0.25, 0.3) is 32.8 Å². The van der Waals surface area contributed by atoms with Gasteiger partial charge in [-0.15, -0.1) is 21.5 Å². The second-order valence-electron chi connectivity index (χ2n) is 19.2. The van der Waals surface area contributed by atoms with Crippen molar-refractivity contribution < 1.29 is 38.5 Å². The number of para-hydroxylation sites is 1. The number of nitrogens with zero attached hydrogens (tertiary/aromatic N) is 8. The number of aliphatic hydroxyl groups excluding tert-OH is 1. The van der Waals surface area contributed by atoms with Crippen LogP contribution in [0.3, 0.4) is 0 Å². The minimum atomic E-state index is -0.829. The zero-order valence-corrected chi connectivity index (χ0v) is 41.8. The van der Waals surface area contributed by atoms with Gasteiger partial charge in [-0.25, -0.2) is 4.98 Å². The zero-order chi connectivity index (χ0) is 50.3. The van der Waals surface area contributed by atoms with Crippen molar-refractivity contribution in [3.63, 3.8) is 0 Å². The molecule has 378 valence electrons. The lowest BCUT2D eigenvalue weighted by atomic mass is 9.91. The number of piperidine rings is 1. The molecule has 0 radical (unpaired) electrons. The second kappa shape index (κ2) is 22.8. The number of nitrogens with one attached hydrogen (secondary N) is 1. The molecule has 2 saturated heterocycles. The smallest absolute Gasteiger partial charge is 0.254 e. The average Bonchev–Trinajstić information content (AvgIpc) is 4.20. The van der Waals surface area contributed by atoms with Crippen LogP contribution in [-0.4, -0.2) is 132 Å². The molecule has 4 aromatic heterocycles. The molecule has 6 aromatic rings. The number of ether oxygens (including phenoxy) is 3. The van der Waals surface area contributed by atoms with Gasteiger partial charge in [-0.2, -0.15) is 5.10 Å². The van der Waals surface area contributed by atoms with E-state index in [1.165, 1.54) is 4.90 Å². The molecule has 5 N–H and O–H groups in total. The number of phenols is 1. The molecular weight excluding hydrogens is 937 g/mol. The van der Waals surface area contributed by atoms with E-state index in [0.29, 0.717) is 54.8 Å². The van der Waals surface area contributed by atoms with E-state index >= 15 is 0 Å². The summed E-state index contributed by atoms with van der Waals surface area (Å²) in [5, 5.41) is 40.8. The van der Waals surface area contributed by atoms with Crippen LogP contribution in [0.15, 0.2) is 83.1 Å². The summed E-state index contributed by atoms with van der Waals surface area (Å²) in [4.78, 5) is 37.2. The lowest BCUT2D eigenvalue weighted by Crippen LogP contribution is -2.48. The van der Waals surface area contributed by atoms with Crippen LogP contribution < -0.4 is 15.8 Å². The van der Waals surface area contributed by atoms with Gasteiger partial charge >= 0.3 is 0 Å². The van der Waals surface area contributed by atoms with Gasteiger partial charge in [0.25, 0.3) is 5.88 Å². The zero-order valence-electron chi connectivity index (χ0n) is 41.0. The van der Waals surface area contributed by atoms with E-state index in [1.807, 2.05) is 69.7 Å². The van der Waals surface area contributed by atoms with Crippen LogP contribution in [0.2, 0.25) is 0 Å². The third kappa shape index (κ3) is 12.0. The summed E-state index contributed by atoms with van der Waals surface area (Å²) in [5.74, 6) is 5.75. The van der Waals surface area contributed by atoms with Crippen molar-refractivity contribution in [3.05, 3.63) is 95.6 Å². The maximum Gasteiger partial charge on any atom is 0.254 e. The van der Waals surface area contributed by atoms with E-state index in [2.05, 4.69) is 47.5 Å². The molecule has 3 aliphatic rings. The predicted molar refractivity (Wildman–Crippen MR) is 270 cm³/mol. The number of hydrogen-bond donors (Lipinski definition) is 4. The van der Waals surface area contributed by atoms with E-state index < -0.39 is 18.1 Å². The van der Waals surface area contributed by atoms with E-state index in [1.54, 1.807) is 52.5 Å². The van der Waals surface area contributed by atoms with Crippen LogP contribution in [0, 0.1) is 24.7 Å². The molecule has 1 saturated carbocycles. The molecule has 9 rings (SSSR count). The number of aromatic nitrogens is 6. The Morgan fingerprint density at radius 2 is 1.76 bits per heavy atom. The summed E-state index contributed by atoms with van der Waals surface area (Å²) in [7, 11) is 0. The number of benzene rings is 2. The standard InChI is InChI=1S/C53H62N10O8S/c1-32(2)49(53(67)63-30-38(64)23-45(63)52(66)57-33(3)35-11-13-36(14-12-35)50-34(4)55-31-72-50)47-27-48(60-71-47)69-22-20-61-18-15-39(16-19-61)70-41-24-40(25-41)68-21-8-7-17-62-29-37(28-56-62)43-26-44(58-59-51(43)54)42-9-5-6-10-46(42)65/h5-6,9-14,26-29,31-33,38-41,45,49,64-65H,15-25,30H2,1-4H3,(H2,54,59)(H,57,66)/t33-,38+,40-,41-,45-,49+/m0/s1. The fourth-order valence-corrected chi connectivity index (χ4v) is 10.4. The number of nitrogen functional groups attached to an aromatic ring is 1. The van der Waals surface area contributed by atoms with Crippen molar-refractivity contribution in [3.8, 4) is 56.3 Å². The van der Waals surface area contributed by atoms with Gasteiger partial charge in [-0.05, 0) is 67.1 Å². The van der Waals surface area contributed by atoms with E-state index in [9.17, 15) is 19.8 Å². The summed E-state index contributed by atoms with van der Waals surface area (Å²) in [6.07, 6.45) is 6.96. The Morgan fingerprint density at radius 1 is 0.972 bits per heavy atom. The summed E-state index contributed by atoms with van der Waals surface area (Å²) in [6, 6.07) is 17.3. The number of likely N-dealkylation sites (tertiary alicyclic amines) is 2. The molecule has 18 nitrogen and oxygen atoms in total. The van der Waals surface area contributed by atoms with Crippen LogP contribution in [0.4, 0.5) is 5.82 Å². The van der Waals surface area contributed by atoms with Gasteiger partial charge in [0, 0.05) is 74.4 Å². The maximum atomic E-state index is 14.2. The highest BCUT2D eigenvalue weighted by Gasteiger charge is 2.44. The Morgan fingerprint density at radius 3 is 2.51 bits per heavy atom. The number of anilines is 1. The van der Waals surface area contributed by atoms with Crippen LogP contribution in [0.5, 0.6) is 11.6 Å².